The molecule has 1 aliphatic rings. The first-order valence-electron chi connectivity index (χ1n) is 5.83. The summed E-state index contributed by atoms with van der Waals surface area (Å²) in [6, 6.07) is 0. The maximum Gasteiger partial charge on any atom is 0.143 e. The Morgan fingerprint density at radius 3 is 2.07 bits per heavy atom. The lowest BCUT2D eigenvalue weighted by Crippen LogP contribution is -2.57. The second-order valence-corrected chi connectivity index (χ2v) is 4.85. The van der Waals surface area contributed by atoms with Gasteiger partial charge in [0.15, 0.2) is 0 Å². The molecule has 2 nitrogen and oxygen atoms in total. The van der Waals surface area contributed by atoms with Gasteiger partial charge in [0.05, 0.1) is 6.54 Å². The topological polar surface area (TPSA) is 20.3 Å². The third kappa shape index (κ3) is 2.81. The van der Waals surface area contributed by atoms with Gasteiger partial charge in [0.2, 0.25) is 0 Å². The number of carbonyl (C=O) groups is 1. The Hall–Kier alpha value is -0.370. The zero-order valence-electron chi connectivity index (χ0n) is 9.81. The average Bonchev–Trinajstić information content (AvgIpc) is 2.01. The van der Waals surface area contributed by atoms with Crippen LogP contribution in [0.5, 0.6) is 0 Å². The van der Waals surface area contributed by atoms with Gasteiger partial charge in [-0.2, -0.15) is 0 Å². The minimum atomic E-state index is 0.298. The molecule has 1 heterocycles. The van der Waals surface area contributed by atoms with Crippen molar-refractivity contribution in [3.63, 3.8) is 0 Å². The summed E-state index contributed by atoms with van der Waals surface area (Å²) < 4.78 is 0. The normalized spacial score (nSPS) is 20.5. The molecule has 0 unspecified atom stereocenters. The van der Waals surface area contributed by atoms with E-state index >= 15 is 0 Å². The Balaban J connectivity index is 2.34. The van der Waals surface area contributed by atoms with Gasteiger partial charge in [-0.15, -0.1) is 0 Å². The molecule has 0 aromatic heterocycles. The van der Waals surface area contributed by atoms with Crippen LogP contribution in [0.25, 0.3) is 0 Å². The maximum absolute atomic E-state index is 10.9. The third-order valence-electron chi connectivity index (χ3n) is 3.12. The summed E-state index contributed by atoms with van der Waals surface area (Å²) in [5.41, 5.74) is 0.555. The van der Waals surface area contributed by atoms with E-state index in [9.17, 15) is 4.79 Å². The Labute approximate surface area is 87.7 Å². The van der Waals surface area contributed by atoms with Crippen LogP contribution in [0.2, 0.25) is 0 Å². The number of ketones is 1. The van der Waals surface area contributed by atoms with Gasteiger partial charge >= 0.3 is 0 Å². The Bertz CT molecular complexity index is 186. The summed E-state index contributed by atoms with van der Waals surface area (Å²) in [4.78, 5) is 13.2. The van der Waals surface area contributed by atoms with Crippen molar-refractivity contribution in [3.8, 4) is 0 Å². The summed E-state index contributed by atoms with van der Waals surface area (Å²) >= 11 is 0. The number of Topliss-reactive ketones (excluding diaryl/α,β-unsaturated/α-hetero) is 1. The van der Waals surface area contributed by atoms with Crippen molar-refractivity contribution in [1.29, 1.82) is 0 Å². The lowest BCUT2D eigenvalue weighted by atomic mass is 9.72. The van der Waals surface area contributed by atoms with Crippen molar-refractivity contribution in [1.82, 2.24) is 4.90 Å². The second kappa shape index (κ2) is 4.92. The summed E-state index contributed by atoms with van der Waals surface area (Å²) in [5, 5.41) is 0. The van der Waals surface area contributed by atoms with Crippen LogP contribution in [0.4, 0.5) is 0 Å². The molecule has 0 spiro atoms. The lowest BCUT2D eigenvalue weighted by Gasteiger charge is -2.50. The molecule has 1 fully saturated rings. The van der Waals surface area contributed by atoms with Crippen molar-refractivity contribution in [2.24, 2.45) is 5.41 Å². The highest BCUT2D eigenvalue weighted by Crippen LogP contribution is 2.39. The molecule has 0 aromatic carbocycles. The van der Waals surface area contributed by atoms with Crippen LogP contribution < -0.4 is 0 Å². The molecule has 0 aromatic rings. The SMILES string of the molecule is CCCC1(CCC)CN(CC(C)=O)C1. The average molecular weight is 197 g/mol. The van der Waals surface area contributed by atoms with E-state index in [1.165, 1.54) is 25.7 Å². The van der Waals surface area contributed by atoms with Gasteiger partial charge in [0.25, 0.3) is 0 Å². The first-order chi connectivity index (χ1) is 6.62. The van der Waals surface area contributed by atoms with Gasteiger partial charge in [-0.3, -0.25) is 9.69 Å². The second-order valence-electron chi connectivity index (χ2n) is 4.85. The van der Waals surface area contributed by atoms with Crippen LogP contribution >= 0.6 is 0 Å². The third-order valence-corrected chi connectivity index (χ3v) is 3.12. The summed E-state index contributed by atoms with van der Waals surface area (Å²) in [6.45, 7) is 9.15. The Morgan fingerprint density at radius 1 is 1.21 bits per heavy atom. The number of hydrogen-bond donors (Lipinski definition) is 0. The van der Waals surface area contributed by atoms with E-state index in [1.54, 1.807) is 6.92 Å². The van der Waals surface area contributed by atoms with Gasteiger partial charge in [0.1, 0.15) is 5.78 Å². The predicted octanol–water partition coefficient (Wildman–Crippen LogP) is 2.48. The predicted molar refractivity (Wildman–Crippen MR) is 59.4 cm³/mol. The monoisotopic (exact) mass is 197 g/mol. The maximum atomic E-state index is 10.9. The quantitative estimate of drug-likeness (QED) is 0.652. The van der Waals surface area contributed by atoms with E-state index in [4.69, 9.17) is 0 Å². The minimum absolute atomic E-state index is 0.298. The van der Waals surface area contributed by atoms with E-state index in [0.29, 0.717) is 17.7 Å². The molecule has 0 amide bonds. The van der Waals surface area contributed by atoms with Gasteiger partial charge in [-0.05, 0) is 25.2 Å². The van der Waals surface area contributed by atoms with Gasteiger partial charge in [0, 0.05) is 13.1 Å². The van der Waals surface area contributed by atoms with E-state index < -0.39 is 0 Å². The highest BCUT2D eigenvalue weighted by Gasteiger charge is 2.40. The van der Waals surface area contributed by atoms with Gasteiger partial charge in [-0.25, -0.2) is 0 Å². The molecule has 0 saturated carbocycles. The Morgan fingerprint density at radius 2 is 1.71 bits per heavy atom. The first kappa shape index (κ1) is 11.7. The Kier molecular flexibility index (Phi) is 4.11. The molecular weight excluding hydrogens is 174 g/mol. The molecular formula is C12H23NO. The number of hydrogen-bond acceptors (Lipinski definition) is 2. The molecule has 2 heteroatoms. The van der Waals surface area contributed by atoms with Crippen molar-refractivity contribution in [3.05, 3.63) is 0 Å². The smallest absolute Gasteiger partial charge is 0.143 e. The van der Waals surface area contributed by atoms with Crippen molar-refractivity contribution >= 4 is 5.78 Å². The molecule has 1 rings (SSSR count). The zero-order chi connectivity index (χ0) is 10.6. The number of rotatable bonds is 6. The van der Waals surface area contributed by atoms with Crippen LogP contribution in [0.3, 0.4) is 0 Å². The van der Waals surface area contributed by atoms with Crippen molar-refractivity contribution < 1.29 is 4.79 Å². The summed E-state index contributed by atoms with van der Waals surface area (Å²) in [7, 11) is 0. The molecule has 0 bridgehead atoms. The molecule has 0 atom stereocenters. The van der Waals surface area contributed by atoms with Crippen LogP contribution in [0, 0.1) is 5.41 Å². The highest BCUT2D eigenvalue weighted by atomic mass is 16.1. The molecule has 82 valence electrons. The number of likely N-dealkylation sites (tertiary alicyclic amines) is 1. The van der Waals surface area contributed by atoms with Crippen LogP contribution in [0.1, 0.15) is 46.5 Å². The molecule has 0 N–H and O–H groups in total. The van der Waals surface area contributed by atoms with Gasteiger partial charge in [-0.1, -0.05) is 26.7 Å². The number of nitrogens with zero attached hydrogens (tertiary/aromatic N) is 1. The largest absolute Gasteiger partial charge is 0.299 e. The molecule has 1 aliphatic heterocycles. The molecule has 0 radical (unpaired) electrons. The summed E-state index contributed by atoms with van der Waals surface area (Å²) in [5.74, 6) is 0.298. The molecule has 0 aliphatic carbocycles. The van der Waals surface area contributed by atoms with E-state index in [2.05, 4.69) is 18.7 Å². The van der Waals surface area contributed by atoms with E-state index in [-0.39, 0.29) is 0 Å². The fraction of sp³-hybridized carbons (Fsp3) is 0.917. The van der Waals surface area contributed by atoms with E-state index in [1.807, 2.05) is 0 Å². The summed E-state index contributed by atoms with van der Waals surface area (Å²) in [6.07, 6.45) is 5.20. The highest BCUT2D eigenvalue weighted by molar-refractivity contribution is 5.77. The fourth-order valence-electron chi connectivity index (χ4n) is 2.83. The van der Waals surface area contributed by atoms with Crippen molar-refractivity contribution in [2.45, 2.75) is 46.5 Å². The van der Waals surface area contributed by atoms with Crippen LogP contribution in [-0.4, -0.2) is 30.3 Å². The van der Waals surface area contributed by atoms with E-state index in [0.717, 1.165) is 13.1 Å². The zero-order valence-corrected chi connectivity index (χ0v) is 9.81. The van der Waals surface area contributed by atoms with Crippen LogP contribution in [-0.2, 0) is 4.79 Å². The number of carbonyl (C=O) groups excluding carboxylic acids is 1. The molecule has 14 heavy (non-hydrogen) atoms. The lowest BCUT2D eigenvalue weighted by molar-refractivity contribution is -0.122. The van der Waals surface area contributed by atoms with Gasteiger partial charge < -0.3 is 0 Å². The first-order valence-corrected chi connectivity index (χ1v) is 5.83. The standard InChI is InChI=1S/C12H23NO/c1-4-6-12(7-5-2)9-13(10-12)8-11(3)14/h4-10H2,1-3H3. The molecule has 1 saturated heterocycles. The van der Waals surface area contributed by atoms with Crippen molar-refractivity contribution in [2.75, 3.05) is 19.6 Å². The van der Waals surface area contributed by atoms with Crippen LogP contribution in [0.15, 0.2) is 0 Å². The minimum Gasteiger partial charge on any atom is -0.299 e. The fourth-order valence-corrected chi connectivity index (χ4v) is 2.83.